The molecule has 1 heterocycles. The number of hydrogen-bond acceptors (Lipinski definition) is 4. The van der Waals surface area contributed by atoms with Gasteiger partial charge >= 0.3 is 0 Å². The van der Waals surface area contributed by atoms with Gasteiger partial charge in [-0.3, -0.25) is 10.1 Å². The van der Waals surface area contributed by atoms with Crippen molar-refractivity contribution < 1.29 is 9.53 Å². The van der Waals surface area contributed by atoms with Crippen LogP contribution in [0.3, 0.4) is 0 Å². The van der Waals surface area contributed by atoms with Crippen molar-refractivity contribution in [2.24, 2.45) is 0 Å². The number of carbonyl (C=O) groups excluding carboxylic acids is 1. The highest BCUT2D eigenvalue weighted by Gasteiger charge is 2.07. The van der Waals surface area contributed by atoms with E-state index in [9.17, 15) is 4.79 Å². The zero-order valence-electron chi connectivity index (χ0n) is 9.55. The predicted octanol–water partition coefficient (Wildman–Crippen LogP) is 2.39. The number of methoxy groups -OCH3 is 1. The molecule has 0 saturated carbocycles. The van der Waals surface area contributed by atoms with Gasteiger partial charge in [0.25, 0.3) is 5.91 Å². The number of benzene rings is 1. The normalized spacial score (nSPS) is 9.89. The second-order valence-corrected chi connectivity index (χ2v) is 3.77. The Labute approximate surface area is 109 Å². The molecule has 2 rings (SSSR count). The first kappa shape index (κ1) is 12.3. The van der Waals surface area contributed by atoms with E-state index >= 15 is 0 Å². The first-order chi connectivity index (χ1) is 8.69. The van der Waals surface area contributed by atoms with Crippen LogP contribution in [-0.4, -0.2) is 23.0 Å². The van der Waals surface area contributed by atoms with Crippen LogP contribution in [0.15, 0.2) is 36.5 Å². The molecule has 1 aromatic heterocycles. The quantitative estimate of drug-likeness (QED) is 0.864. The van der Waals surface area contributed by atoms with Gasteiger partial charge in [-0.15, -0.1) is 0 Å². The molecule has 1 aromatic carbocycles. The maximum absolute atomic E-state index is 11.8. The Hall–Kier alpha value is -2.14. The number of aromatic nitrogens is 2. The monoisotopic (exact) mass is 263 g/mol. The predicted molar refractivity (Wildman–Crippen MR) is 68.0 cm³/mol. The molecule has 1 N–H and O–H groups in total. The van der Waals surface area contributed by atoms with Gasteiger partial charge in [0.05, 0.1) is 7.11 Å². The van der Waals surface area contributed by atoms with E-state index in [1.807, 2.05) is 0 Å². The Morgan fingerprint density at radius 1 is 1.28 bits per heavy atom. The molecule has 0 atom stereocenters. The fourth-order valence-electron chi connectivity index (χ4n) is 1.31. The number of anilines is 1. The summed E-state index contributed by atoms with van der Waals surface area (Å²) in [4.78, 5) is 19.6. The molecule has 5 nitrogen and oxygen atoms in total. The molecule has 92 valence electrons. The van der Waals surface area contributed by atoms with E-state index < -0.39 is 0 Å². The fraction of sp³-hybridized carbons (Fsp3) is 0.0833. The van der Waals surface area contributed by atoms with Crippen LogP contribution in [0, 0.1) is 0 Å². The third-order valence-electron chi connectivity index (χ3n) is 2.20. The van der Waals surface area contributed by atoms with Crippen LogP contribution in [0.4, 0.5) is 5.95 Å². The lowest BCUT2D eigenvalue weighted by molar-refractivity contribution is 0.102. The summed E-state index contributed by atoms with van der Waals surface area (Å²) < 4.78 is 5.01. The first-order valence-corrected chi connectivity index (χ1v) is 5.51. The molecule has 2 aromatic rings. The number of nitrogens with one attached hydrogen (secondary N) is 1. The number of halogens is 1. The van der Waals surface area contributed by atoms with E-state index in [4.69, 9.17) is 16.3 Å². The molecule has 0 unspecified atom stereocenters. The topological polar surface area (TPSA) is 64.1 Å². The molecule has 0 radical (unpaired) electrons. The molecule has 0 aliphatic rings. The maximum atomic E-state index is 11.8. The van der Waals surface area contributed by atoms with Crippen molar-refractivity contribution >= 4 is 23.5 Å². The second kappa shape index (κ2) is 5.46. The standard InChI is InChI=1S/C12H10ClN3O2/c1-18-9-4-2-8(3-5-9)11(17)16-12-14-7-6-10(13)15-12/h2-7H,1H3,(H,14,15,16,17). The van der Waals surface area contributed by atoms with Crippen molar-refractivity contribution in [2.45, 2.75) is 0 Å². The van der Waals surface area contributed by atoms with Gasteiger partial charge in [-0.05, 0) is 30.3 Å². The van der Waals surface area contributed by atoms with Crippen LogP contribution in [0.5, 0.6) is 5.75 Å². The number of carbonyl (C=O) groups is 1. The summed E-state index contributed by atoms with van der Waals surface area (Å²) in [6.07, 6.45) is 1.47. The van der Waals surface area contributed by atoms with Crippen molar-refractivity contribution in [2.75, 3.05) is 12.4 Å². The highest BCUT2D eigenvalue weighted by molar-refractivity contribution is 6.29. The summed E-state index contributed by atoms with van der Waals surface area (Å²) in [7, 11) is 1.56. The maximum Gasteiger partial charge on any atom is 0.258 e. The smallest absolute Gasteiger partial charge is 0.258 e. The number of amides is 1. The SMILES string of the molecule is COc1ccc(C(=O)Nc2nccc(Cl)n2)cc1. The third kappa shape index (κ3) is 2.95. The van der Waals surface area contributed by atoms with Gasteiger partial charge in [-0.25, -0.2) is 9.97 Å². The molecule has 1 amide bonds. The molecule has 0 fully saturated rings. The fourth-order valence-corrected chi connectivity index (χ4v) is 1.45. The lowest BCUT2D eigenvalue weighted by atomic mass is 10.2. The summed E-state index contributed by atoms with van der Waals surface area (Å²) in [5.74, 6) is 0.550. The van der Waals surface area contributed by atoms with Gasteiger partial charge in [0.15, 0.2) is 0 Å². The summed E-state index contributed by atoms with van der Waals surface area (Å²) in [6, 6.07) is 8.24. The van der Waals surface area contributed by atoms with E-state index in [-0.39, 0.29) is 17.0 Å². The van der Waals surface area contributed by atoms with Crippen molar-refractivity contribution in [3.63, 3.8) is 0 Å². The van der Waals surface area contributed by atoms with E-state index in [0.29, 0.717) is 11.3 Å². The van der Waals surface area contributed by atoms with Crippen LogP contribution in [0.25, 0.3) is 0 Å². The molecule has 0 aliphatic heterocycles. The number of rotatable bonds is 3. The van der Waals surface area contributed by atoms with E-state index in [1.165, 1.54) is 12.3 Å². The van der Waals surface area contributed by atoms with Crippen LogP contribution in [0.2, 0.25) is 5.15 Å². The molecule has 0 saturated heterocycles. The molecular weight excluding hydrogens is 254 g/mol. The van der Waals surface area contributed by atoms with E-state index in [2.05, 4.69) is 15.3 Å². The summed E-state index contributed by atoms with van der Waals surface area (Å²) in [5, 5.41) is 2.82. The van der Waals surface area contributed by atoms with Gasteiger partial charge in [-0.1, -0.05) is 11.6 Å². The van der Waals surface area contributed by atoms with Crippen molar-refractivity contribution in [1.82, 2.24) is 9.97 Å². The van der Waals surface area contributed by atoms with Crippen LogP contribution in [0.1, 0.15) is 10.4 Å². The largest absolute Gasteiger partial charge is 0.497 e. The highest BCUT2D eigenvalue weighted by Crippen LogP contribution is 2.12. The first-order valence-electron chi connectivity index (χ1n) is 5.13. The molecule has 0 bridgehead atoms. The minimum atomic E-state index is -0.306. The average Bonchev–Trinajstić information content (AvgIpc) is 2.39. The molecule has 6 heteroatoms. The Bertz CT molecular complexity index is 558. The summed E-state index contributed by atoms with van der Waals surface area (Å²) in [6.45, 7) is 0. The lowest BCUT2D eigenvalue weighted by Gasteiger charge is -2.04. The van der Waals surface area contributed by atoms with E-state index in [0.717, 1.165) is 0 Å². The van der Waals surface area contributed by atoms with Gasteiger partial charge < -0.3 is 4.74 Å². The minimum absolute atomic E-state index is 0.170. The molecule has 0 spiro atoms. The van der Waals surface area contributed by atoms with Crippen LogP contribution >= 0.6 is 11.6 Å². The van der Waals surface area contributed by atoms with Gasteiger partial charge in [0, 0.05) is 11.8 Å². The van der Waals surface area contributed by atoms with Crippen LogP contribution < -0.4 is 10.1 Å². The number of nitrogens with zero attached hydrogens (tertiary/aromatic N) is 2. The average molecular weight is 264 g/mol. The van der Waals surface area contributed by atoms with Gasteiger partial charge in [0.2, 0.25) is 5.95 Å². The van der Waals surface area contributed by atoms with Gasteiger partial charge in [-0.2, -0.15) is 0 Å². The Morgan fingerprint density at radius 2 is 2.00 bits per heavy atom. The minimum Gasteiger partial charge on any atom is -0.497 e. The van der Waals surface area contributed by atoms with Crippen molar-refractivity contribution in [3.05, 3.63) is 47.2 Å². The van der Waals surface area contributed by atoms with Crippen LogP contribution in [-0.2, 0) is 0 Å². The summed E-state index contributed by atoms with van der Waals surface area (Å²) >= 11 is 5.69. The zero-order chi connectivity index (χ0) is 13.0. The van der Waals surface area contributed by atoms with Crippen molar-refractivity contribution in [1.29, 1.82) is 0 Å². The van der Waals surface area contributed by atoms with Crippen molar-refractivity contribution in [3.8, 4) is 5.75 Å². The lowest BCUT2D eigenvalue weighted by Crippen LogP contribution is -2.13. The highest BCUT2D eigenvalue weighted by atomic mass is 35.5. The second-order valence-electron chi connectivity index (χ2n) is 3.39. The Morgan fingerprint density at radius 3 is 2.61 bits per heavy atom. The summed E-state index contributed by atoms with van der Waals surface area (Å²) in [5.41, 5.74) is 0.486. The van der Waals surface area contributed by atoms with E-state index in [1.54, 1.807) is 31.4 Å². The van der Waals surface area contributed by atoms with Gasteiger partial charge in [0.1, 0.15) is 10.9 Å². The molecule has 18 heavy (non-hydrogen) atoms. The molecule has 0 aliphatic carbocycles. The number of ether oxygens (including phenoxy) is 1. The Kier molecular flexibility index (Phi) is 3.74. The zero-order valence-corrected chi connectivity index (χ0v) is 10.3. The molecular formula is C12H10ClN3O2. The third-order valence-corrected chi connectivity index (χ3v) is 2.41. The number of hydrogen-bond donors (Lipinski definition) is 1. The Balaban J connectivity index is 2.11.